The number of hydrogen-bond donors (Lipinski definition) is 1. The summed E-state index contributed by atoms with van der Waals surface area (Å²) in [5.74, 6) is -0.849. The van der Waals surface area contributed by atoms with Crippen molar-refractivity contribution in [2.45, 2.75) is 43.3 Å². The Bertz CT molecular complexity index is 398. The summed E-state index contributed by atoms with van der Waals surface area (Å²) < 4.78 is 12.1. The van der Waals surface area contributed by atoms with Gasteiger partial charge in [0.05, 0.1) is 17.2 Å². The number of carboxylic acid groups (broad SMARTS) is 1. The van der Waals surface area contributed by atoms with Crippen molar-refractivity contribution in [1.29, 1.82) is 0 Å². The van der Waals surface area contributed by atoms with Gasteiger partial charge in [0, 0.05) is 10.1 Å². The van der Waals surface area contributed by atoms with Gasteiger partial charge in [-0.15, -0.1) is 0 Å². The summed E-state index contributed by atoms with van der Waals surface area (Å²) in [7, 11) is -0.996. The van der Waals surface area contributed by atoms with E-state index in [0.29, 0.717) is 0 Å². The molecule has 0 radical (unpaired) electrons. The Balaban J connectivity index is 2.73. The maximum atomic E-state index is 12.1. The Labute approximate surface area is 104 Å². The van der Waals surface area contributed by atoms with Gasteiger partial charge in [0.2, 0.25) is 0 Å². The second-order valence-corrected chi connectivity index (χ2v) is 5.98. The fraction of sp³-hybridized carbons (Fsp3) is 0.462. The topological polar surface area (TPSA) is 54.4 Å². The molecule has 0 spiro atoms. The summed E-state index contributed by atoms with van der Waals surface area (Å²) in [5.41, 5.74) is 0.737. The largest absolute Gasteiger partial charge is 0.481 e. The molecule has 1 aromatic rings. The van der Waals surface area contributed by atoms with Crippen LogP contribution in [0.3, 0.4) is 0 Å². The monoisotopic (exact) mass is 254 g/mol. The van der Waals surface area contributed by atoms with Crippen molar-refractivity contribution in [3.8, 4) is 0 Å². The smallest absolute Gasteiger partial charge is 0.307 e. The van der Waals surface area contributed by atoms with Crippen molar-refractivity contribution < 1.29 is 14.1 Å². The number of rotatable bonds is 6. The van der Waals surface area contributed by atoms with E-state index in [1.54, 1.807) is 24.3 Å². The van der Waals surface area contributed by atoms with Crippen LogP contribution >= 0.6 is 0 Å². The van der Waals surface area contributed by atoms with Crippen LogP contribution in [0.15, 0.2) is 29.2 Å². The van der Waals surface area contributed by atoms with Gasteiger partial charge in [-0.3, -0.25) is 9.00 Å². The molecule has 0 aliphatic heterocycles. The molecule has 17 heavy (non-hydrogen) atoms. The van der Waals surface area contributed by atoms with Crippen molar-refractivity contribution in [2.24, 2.45) is 0 Å². The summed E-state index contributed by atoms with van der Waals surface area (Å²) in [6, 6.07) is 7.00. The Hall–Kier alpha value is -1.16. The minimum absolute atomic E-state index is 0.0113. The first kappa shape index (κ1) is 13.9. The van der Waals surface area contributed by atoms with Gasteiger partial charge in [-0.2, -0.15) is 0 Å². The Morgan fingerprint density at radius 1 is 1.35 bits per heavy atom. The summed E-state index contributed by atoms with van der Waals surface area (Å²) in [4.78, 5) is 11.3. The molecule has 0 aliphatic carbocycles. The van der Waals surface area contributed by atoms with Crippen LogP contribution in [0.25, 0.3) is 0 Å². The maximum absolute atomic E-state index is 12.1. The predicted octanol–water partition coefficient (Wildman–Crippen LogP) is 2.61. The molecule has 1 rings (SSSR count). The van der Waals surface area contributed by atoms with Gasteiger partial charge in [0.15, 0.2) is 0 Å². The average molecular weight is 254 g/mol. The molecule has 4 heteroatoms. The number of aliphatic carboxylic acids is 1. The molecule has 3 nitrogen and oxygen atoms in total. The molecule has 1 N–H and O–H groups in total. The van der Waals surface area contributed by atoms with Gasteiger partial charge < -0.3 is 5.11 Å². The van der Waals surface area contributed by atoms with Crippen molar-refractivity contribution in [1.82, 2.24) is 0 Å². The van der Waals surface area contributed by atoms with Gasteiger partial charge in [-0.05, 0) is 24.1 Å². The fourth-order valence-corrected chi connectivity index (χ4v) is 2.98. The lowest BCUT2D eigenvalue weighted by molar-refractivity contribution is -0.136. The average Bonchev–Trinajstić information content (AvgIpc) is 2.28. The Morgan fingerprint density at radius 3 is 2.41 bits per heavy atom. The summed E-state index contributed by atoms with van der Waals surface area (Å²) in [6.07, 6.45) is 1.96. The van der Waals surface area contributed by atoms with Crippen LogP contribution in [0.2, 0.25) is 0 Å². The number of benzene rings is 1. The summed E-state index contributed by atoms with van der Waals surface area (Å²) >= 11 is 0. The van der Waals surface area contributed by atoms with E-state index in [9.17, 15) is 9.00 Å². The highest BCUT2D eigenvalue weighted by atomic mass is 32.2. The second kappa shape index (κ2) is 6.55. The van der Waals surface area contributed by atoms with E-state index in [1.807, 2.05) is 6.92 Å². The van der Waals surface area contributed by atoms with E-state index in [4.69, 9.17) is 5.11 Å². The first-order valence-electron chi connectivity index (χ1n) is 5.76. The Morgan fingerprint density at radius 2 is 1.94 bits per heavy atom. The first-order chi connectivity index (χ1) is 8.04. The molecule has 94 valence electrons. The molecule has 0 saturated carbocycles. The van der Waals surface area contributed by atoms with Gasteiger partial charge in [0.25, 0.3) is 0 Å². The van der Waals surface area contributed by atoms with E-state index in [2.05, 4.69) is 6.92 Å². The standard InChI is InChI=1S/C13H18O3S/c1-3-4-10(2)17(16)12-7-5-11(6-8-12)9-13(14)15/h5-8,10H,3-4,9H2,1-2H3,(H,14,15). The van der Waals surface area contributed by atoms with Crippen LogP contribution < -0.4 is 0 Å². The summed E-state index contributed by atoms with van der Waals surface area (Å²) in [5, 5.41) is 8.79. The molecule has 1 aromatic carbocycles. The minimum atomic E-state index is -0.996. The van der Waals surface area contributed by atoms with Crippen LogP contribution in [0.1, 0.15) is 32.3 Å². The van der Waals surface area contributed by atoms with Crippen LogP contribution in [0.4, 0.5) is 0 Å². The molecular formula is C13H18O3S. The van der Waals surface area contributed by atoms with Crippen molar-refractivity contribution >= 4 is 16.8 Å². The van der Waals surface area contributed by atoms with E-state index < -0.39 is 16.8 Å². The van der Waals surface area contributed by atoms with E-state index in [0.717, 1.165) is 23.3 Å². The van der Waals surface area contributed by atoms with Crippen LogP contribution in [0.5, 0.6) is 0 Å². The third-order valence-electron chi connectivity index (χ3n) is 2.57. The molecule has 0 bridgehead atoms. The summed E-state index contributed by atoms with van der Waals surface area (Å²) in [6.45, 7) is 4.05. The van der Waals surface area contributed by atoms with E-state index in [-0.39, 0.29) is 11.7 Å². The van der Waals surface area contributed by atoms with Crippen LogP contribution in [-0.4, -0.2) is 20.5 Å². The molecule has 2 atom stereocenters. The van der Waals surface area contributed by atoms with Gasteiger partial charge in [-0.25, -0.2) is 0 Å². The van der Waals surface area contributed by atoms with Crippen molar-refractivity contribution in [2.75, 3.05) is 0 Å². The lowest BCUT2D eigenvalue weighted by Gasteiger charge is -2.10. The second-order valence-electron chi connectivity index (χ2n) is 4.11. The van der Waals surface area contributed by atoms with Crippen molar-refractivity contribution in [3.63, 3.8) is 0 Å². The first-order valence-corrected chi connectivity index (χ1v) is 6.97. The number of hydrogen-bond acceptors (Lipinski definition) is 2. The zero-order valence-corrected chi connectivity index (χ0v) is 11.0. The third kappa shape index (κ3) is 4.30. The molecule has 0 saturated heterocycles. The number of carboxylic acids is 1. The minimum Gasteiger partial charge on any atom is -0.481 e. The molecular weight excluding hydrogens is 236 g/mol. The van der Waals surface area contributed by atoms with E-state index in [1.165, 1.54) is 0 Å². The molecule has 0 aliphatic rings. The van der Waals surface area contributed by atoms with E-state index >= 15 is 0 Å². The Kier molecular flexibility index (Phi) is 5.35. The van der Waals surface area contributed by atoms with Gasteiger partial charge >= 0.3 is 5.97 Å². The molecule has 0 amide bonds. The molecule has 0 heterocycles. The maximum Gasteiger partial charge on any atom is 0.307 e. The third-order valence-corrected chi connectivity index (χ3v) is 4.28. The van der Waals surface area contributed by atoms with Crippen LogP contribution in [0, 0.1) is 0 Å². The highest BCUT2D eigenvalue weighted by Gasteiger charge is 2.12. The van der Waals surface area contributed by atoms with Crippen LogP contribution in [-0.2, 0) is 22.0 Å². The predicted molar refractivity (Wildman–Crippen MR) is 68.6 cm³/mol. The van der Waals surface area contributed by atoms with Crippen molar-refractivity contribution in [3.05, 3.63) is 29.8 Å². The quantitative estimate of drug-likeness (QED) is 0.849. The zero-order chi connectivity index (χ0) is 12.8. The highest BCUT2D eigenvalue weighted by molar-refractivity contribution is 7.85. The molecule has 0 fully saturated rings. The molecule has 0 aromatic heterocycles. The SMILES string of the molecule is CCCC(C)S(=O)c1ccc(CC(=O)O)cc1. The normalized spacial score (nSPS) is 14.2. The van der Waals surface area contributed by atoms with Gasteiger partial charge in [-0.1, -0.05) is 32.4 Å². The molecule has 2 unspecified atom stereocenters. The zero-order valence-electron chi connectivity index (χ0n) is 10.2. The fourth-order valence-electron chi connectivity index (χ4n) is 1.66. The highest BCUT2D eigenvalue weighted by Crippen LogP contribution is 2.15. The lowest BCUT2D eigenvalue weighted by Crippen LogP contribution is -2.10. The van der Waals surface area contributed by atoms with Gasteiger partial charge in [0.1, 0.15) is 0 Å². The number of carbonyl (C=O) groups is 1. The lowest BCUT2D eigenvalue weighted by atomic mass is 10.2.